The summed E-state index contributed by atoms with van der Waals surface area (Å²) in [6, 6.07) is 16.5. The van der Waals surface area contributed by atoms with E-state index in [1.807, 2.05) is 54.6 Å². The van der Waals surface area contributed by atoms with Gasteiger partial charge < -0.3 is 48.1 Å². The number of aromatic nitrogens is 1. The number of amides is 5. The molecule has 5 rings (SSSR count). The van der Waals surface area contributed by atoms with E-state index in [2.05, 4.69) is 42.2 Å². The van der Waals surface area contributed by atoms with E-state index in [4.69, 9.17) is 5.73 Å². The second-order valence-electron chi connectivity index (χ2n) is 14.7. The Morgan fingerprint density at radius 3 is 2.19 bits per heavy atom. The Labute approximate surface area is 337 Å². The number of carboxylic acids is 1. The van der Waals surface area contributed by atoms with Crippen LogP contribution in [0, 0.1) is 0 Å². The molecule has 1 aliphatic carbocycles. The molecule has 0 bridgehead atoms. The lowest BCUT2D eigenvalue weighted by molar-refractivity contribution is -0.138. The van der Waals surface area contributed by atoms with E-state index < -0.39 is 47.2 Å². The molecule has 5 amide bonds. The van der Waals surface area contributed by atoms with Gasteiger partial charge in [0.15, 0.2) is 6.29 Å². The van der Waals surface area contributed by atoms with Crippen molar-refractivity contribution < 1.29 is 33.9 Å². The van der Waals surface area contributed by atoms with E-state index in [0.717, 1.165) is 29.0 Å². The topological polar surface area (TPSA) is 246 Å². The summed E-state index contributed by atoms with van der Waals surface area (Å²) in [6.07, 6.45) is 9.99. The van der Waals surface area contributed by atoms with Crippen molar-refractivity contribution in [3.05, 3.63) is 90.3 Å². The van der Waals surface area contributed by atoms with Crippen LogP contribution in [0.1, 0.15) is 81.8 Å². The summed E-state index contributed by atoms with van der Waals surface area (Å²) in [5, 5.41) is 30.5. The van der Waals surface area contributed by atoms with E-state index >= 15 is 0 Å². The van der Waals surface area contributed by atoms with Gasteiger partial charge in [-0.3, -0.25) is 33.8 Å². The zero-order chi connectivity index (χ0) is 41.3. The summed E-state index contributed by atoms with van der Waals surface area (Å²) in [5.41, 5.74) is 8.75. The maximum atomic E-state index is 13.9. The van der Waals surface area contributed by atoms with Gasteiger partial charge in [-0.2, -0.15) is 0 Å². The molecule has 0 saturated heterocycles. The number of unbranched alkanes of at least 4 members (excludes halogenated alkanes) is 1. The fourth-order valence-electron chi connectivity index (χ4n) is 7.04. The first kappa shape index (κ1) is 42.7. The molecule has 308 valence electrons. The molecule has 1 aromatic heterocycles. The SMILES string of the molecule is NC(=O)C1(NC(=O)[C@@H](CCCC(=O)O)NC(=O)[C@@H](CCCCNC(=O)/C=C/c2cccnc2)NC(=O)Cc2ccc(NC3Nc4ccccc4N3)cc2)CCCCC1. The van der Waals surface area contributed by atoms with Crippen molar-refractivity contribution in [3.63, 3.8) is 0 Å². The first-order valence-electron chi connectivity index (χ1n) is 19.8. The number of benzene rings is 2. The number of hydrogen-bond donors (Lipinski definition) is 9. The van der Waals surface area contributed by atoms with Gasteiger partial charge in [0.1, 0.15) is 17.6 Å². The van der Waals surface area contributed by atoms with Gasteiger partial charge in [0.25, 0.3) is 0 Å². The molecule has 0 spiro atoms. The number of carbonyl (C=O) groups is 6. The fourth-order valence-corrected chi connectivity index (χ4v) is 7.04. The highest BCUT2D eigenvalue weighted by Crippen LogP contribution is 2.29. The summed E-state index contributed by atoms with van der Waals surface area (Å²) in [6.45, 7) is 0.312. The minimum absolute atomic E-state index is 0.0175. The standard InChI is InChI=1S/C42H53N9O7/c43-40(58)42(22-5-1-6-23-42)51-39(57)34(14-8-15-37(54)55)48-38(56)33(13-4-7-25-45-35(52)21-18-29-10-9-24-44-27-29)47-36(53)26-28-16-19-30(20-17-28)46-41-49-31-11-2-3-12-32(31)50-41/h2-3,9-12,16-21,24,27,33-34,41,46,49-50H,1,4-8,13-15,22-23,25-26H2,(H2,43,58)(H,45,52)(H,47,53)(H,48,56)(H,51,57)(H,54,55)/b21-18+/t33-,34-/m1/s1. The highest BCUT2D eigenvalue weighted by atomic mass is 16.4. The summed E-state index contributed by atoms with van der Waals surface area (Å²) in [4.78, 5) is 81.3. The van der Waals surface area contributed by atoms with Crippen LogP contribution in [0.3, 0.4) is 0 Å². The van der Waals surface area contributed by atoms with E-state index in [1.165, 1.54) is 6.08 Å². The molecular formula is C42H53N9O7. The number of carboxylic acid groups (broad SMARTS) is 1. The summed E-state index contributed by atoms with van der Waals surface area (Å²) >= 11 is 0. The maximum Gasteiger partial charge on any atom is 0.303 e. The van der Waals surface area contributed by atoms with Crippen molar-refractivity contribution in [1.82, 2.24) is 26.3 Å². The second kappa shape index (κ2) is 21.2. The number of nitrogens with one attached hydrogen (secondary N) is 7. The van der Waals surface area contributed by atoms with Crippen LogP contribution in [0.4, 0.5) is 17.1 Å². The van der Waals surface area contributed by atoms with Crippen LogP contribution in [0.5, 0.6) is 0 Å². The van der Waals surface area contributed by atoms with Gasteiger partial charge in [0.05, 0.1) is 17.8 Å². The Balaban J connectivity index is 1.21. The third-order valence-corrected chi connectivity index (χ3v) is 10.2. The molecule has 1 saturated carbocycles. The lowest BCUT2D eigenvalue weighted by Crippen LogP contribution is -2.62. The third kappa shape index (κ3) is 13.1. The number of primary amides is 1. The zero-order valence-electron chi connectivity index (χ0n) is 32.4. The number of anilines is 3. The monoisotopic (exact) mass is 795 g/mol. The summed E-state index contributed by atoms with van der Waals surface area (Å²) in [5.74, 6) is -3.73. The van der Waals surface area contributed by atoms with Crippen LogP contribution in [0.2, 0.25) is 0 Å². The van der Waals surface area contributed by atoms with Gasteiger partial charge in [-0.05, 0) is 92.5 Å². The number of aliphatic carboxylic acids is 1. The van der Waals surface area contributed by atoms with E-state index in [9.17, 15) is 33.9 Å². The summed E-state index contributed by atoms with van der Waals surface area (Å²) in [7, 11) is 0. The molecule has 1 fully saturated rings. The Bertz CT molecular complexity index is 1890. The Kier molecular flexibility index (Phi) is 15.6. The fraction of sp³-hybridized carbons (Fsp3) is 0.405. The third-order valence-electron chi connectivity index (χ3n) is 10.2. The molecular weight excluding hydrogens is 743 g/mol. The van der Waals surface area contributed by atoms with Crippen LogP contribution >= 0.6 is 0 Å². The van der Waals surface area contributed by atoms with Crippen LogP contribution in [0.25, 0.3) is 6.08 Å². The average molecular weight is 796 g/mol. The Morgan fingerprint density at radius 2 is 1.53 bits per heavy atom. The van der Waals surface area contributed by atoms with Gasteiger partial charge in [0.2, 0.25) is 29.5 Å². The molecule has 1 aliphatic heterocycles. The van der Waals surface area contributed by atoms with Gasteiger partial charge in [-0.1, -0.05) is 49.6 Å². The molecule has 16 nitrogen and oxygen atoms in total. The van der Waals surface area contributed by atoms with Crippen molar-refractivity contribution in [3.8, 4) is 0 Å². The molecule has 2 heterocycles. The maximum absolute atomic E-state index is 13.9. The van der Waals surface area contributed by atoms with Gasteiger partial charge in [0, 0.05) is 37.1 Å². The molecule has 3 aromatic rings. The van der Waals surface area contributed by atoms with Crippen LogP contribution in [-0.4, -0.2) is 76.1 Å². The smallest absolute Gasteiger partial charge is 0.303 e. The van der Waals surface area contributed by atoms with Gasteiger partial charge >= 0.3 is 5.97 Å². The minimum Gasteiger partial charge on any atom is -0.481 e. The molecule has 0 unspecified atom stereocenters. The molecule has 58 heavy (non-hydrogen) atoms. The molecule has 0 radical (unpaired) electrons. The number of nitrogens with zero attached hydrogens (tertiary/aromatic N) is 1. The first-order valence-corrected chi connectivity index (χ1v) is 19.8. The van der Waals surface area contributed by atoms with Crippen molar-refractivity contribution in [2.45, 2.75) is 101 Å². The predicted molar refractivity (Wildman–Crippen MR) is 220 cm³/mol. The van der Waals surface area contributed by atoms with Crippen LogP contribution in [-0.2, 0) is 35.2 Å². The minimum atomic E-state index is -1.27. The zero-order valence-corrected chi connectivity index (χ0v) is 32.4. The van der Waals surface area contributed by atoms with Crippen molar-refractivity contribution in [2.24, 2.45) is 5.73 Å². The van der Waals surface area contributed by atoms with E-state index in [0.29, 0.717) is 50.6 Å². The Morgan fingerprint density at radius 1 is 0.845 bits per heavy atom. The normalized spacial score (nSPS) is 15.4. The van der Waals surface area contributed by atoms with Gasteiger partial charge in [-0.25, -0.2) is 0 Å². The number of fused-ring (bicyclic) bond motifs is 1. The number of rotatable bonds is 21. The second-order valence-corrected chi connectivity index (χ2v) is 14.7. The largest absolute Gasteiger partial charge is 0.481 e. The van der Waals surface area contributed by atoms with E-state index in [1.54, 1.807) is 24.5 Å². The highest BCUT2D eigenvalue weighted by molar-refractivity contribution is 5.96. The van der Waals surface area contributed by atoms with Crippen LogP contribution in [0.15, 0.2) is 79.1 Å². The lowest BCUT2D eigenvalue weighted by Gasteiger charge is -2.36. The Hall–Kier alpha value is -6.45. The average Bonchev–Trinajstić information content (AvgIpc) is 3.62. The molecule has 16 heteroatoms. The van der Waals surface area contributed by atoms with Crippen molar-refractivity contribution in [1.29, 1.82) is 0 Å². The number of para-hydroxylation sites is 2. The van der Waals surface area contributed by atoms with E-state index in [-0.39, 0.29) is 44.3 Å². The molecule has 2 atom stereocenters. The summed E-state index contributed by atoms with van der Waals surface area (Å²) < 4.78 is 0. The predicted octanol–water partition coefficient (Wildman–Crippen LogP) is 3.39. The van der Waals surface area contributed by atoms with Crippen LogP contribution < -0.4 is 43.0 Å². The number of pyridine rings is 1. The lowest BCUT2D eigenvalue weighted by atomic mass is 9.80. The number of carbonyl (C=O) groups excluding carboxylic acids is 5. The van der Waals surface area contributed by atoms with Crippen molar-refractivity contribution in [2.75, 3.05) is 22.5 Å². The molecule has 10 N–H and O–H groups in total. The highest BCUT2D eigenvalue weighted by Gasteiger charge is 2.41. The molecule has 2 aliphatic rings. The molecule has 2 aromatic carbocycles. The number of hydrogen-bond acceptors (Lipinski definition) is 10. The number of nitrogens with two attached hydrogens (primary N) is 1. The van der Waals surface area contributed by atoms with Crippen molar-refractivity contribution >= 4 is 58.6 Å². The quantitative estimate of drug-likeness (QED) is 0.0559. The first-order chi connectivity index (χ1) is 28.0. The van der Waals surface area contributed by atoms with Gasteiger partial charge in [-0.15, -0.1) is 0 Å².